The molecular weight excluding hydrogens is 222 g/mol. The molecular formula is C16H15NO. The molecule has 3 aromatic rings. The number of nitrogens with one attached hydrogen (secondary N) is 1. The van der Waals surface area contributed by atoms with Gasteiger partial charge in [-0.1, -0.05) is 19.1 Å². The van der Waals surface area contributed by atoms with E-state index in [2.05, 4.69) is 18.0 Å². The number of fused-ring (bicyclic) bond motifs is 2. The van der Waals surface area contributed by atoms with Crippen LogP contribution in [-0.2, 0) is 6.42 Å². The maximum absolute atomic E-state index is 12.4. The maximum atomic E-state index is 12.4. The van der Waals surface area contributed by atoms with Crippen molar-refractivity contribution in [1.82, 2.24) is 4.98 Å². The summed E-state index contributed by atoms with van der Waals surface area (Å²) >= 11 is 0. The van der Waals surface area contributed by atoms with Crippen molar-refractivity contribution >= 4 is 21.8 Å². The van der Waals surface area contributed by atoms with Crippen LogP contribution in [0.5, 0.6) is 0 Å². The molecule has 0 fully saturated rings. The first-order valence-electron chi connectivity index (χ1n) is 6.24. The summed E-state index contributed by atoms with van der Waals surface area (Å²) in [7, 11) is 0. The summed E-state index contributed by atoms with van der Waals surface area (Å²) in [5.74, 6) is 0. The number of aromatic amines is 1. The van der Waals surface area contributed by atoms with E-state index in [0.717, 1.165) is 33.8 Å². The van der Waals surface area contributed by atoms with Crippen LogP contribution >= 0.6 is 0 Å². The minimum absolute atomic E-state index is 0.119. The SMILES string of the molecule is CCc1ccc2[nH]c3cc(C)ccc3c(=O)c2c1. The lowest BCUT2D eigenvalue weighted by molar-refractivity contribution is 1.14. The Hall–Kier alpha value is -2.09. The lowest BCUT2D eigenvalue weighted by Crippen LogP contribution is -2.04. The molecule has 0 unspecified atom stereocenters. The number of rotatable bonds is 1. The first-order chi connectivity index (χ1) is 8.69. The molecule has 18 heavy (non-hydrogen) atoms. The molecule has 0 atom stereocenters. The molecule has 0 radical (unpaired) electrons. The van der Waals surface area contributed by atoms with E-state index in [1.807, 2.05) is 37.3 Å². The molecule has 0 aliphatic carbocycles. The number of hydrogen-bond acceptors (Lipinski definition) is 1. The van der Waals surface area contributed by atoms with Gasteiger partial charge in [0.05, 0.1) is 0 Å². The van der Waals surface area contributed by atoms with Gasteiger partial charge in [-0.25, -0.2) is 0 Å². The lowest BCUT2D eigenvalue weighted by Gasteiger charge is -2.05. The Morgan fingerprint density at radius 2 is 1.83 bits per heavy atom. The predicted molar refractivity (Wildman–Crippen MR) is 76.2 cm³/mol. The maximum Gasteiger partial charge on any atom is 0.197 e. The Balaban J connectivity index is 2.48. The van der Waals surface area contributed by atoms with Crippen LogP contribution in [0.25, 0.3) is 21.8 Å². The van der Waals surface area contributed by atoms with Crippen LogP contribution < -0.4 is 5.43 Å². The van der Waals surface area contributed by atoms with Crippen molar-refractivity contribution in [2.24, 2.45) is 0 Å². The number of aromatic nitrogens is 1. The average Bonchev–Trinajstić information content (AvgIpc) is 2.38. The molecule has 2 heteroatoms. The summed E-state index contributed by atoms with van der Waals surface area (Å²) in [6.07, 6.45) is 0.946. The largest absolute Gasteiger partial charge is 0.354 e. The van der Waals surface area contributed by atoms with Crippen molar-refractivity contribution in [2.45, 2.75) is 20.3 Å². The van der Waals surface area contributed by atoms with Gasteiger partial charge in [0.15, 0.2) is 5.43 Å². The van der Waals surface area contributed by atoms with Crippen LogP contribution in [0.4, 0.5) is 0 Å². The highest BCUT2D eigenvalue weighted by molar-refractivity contribution is 5.92. The average molecular weight is 237 g/mol. The Morgan fingerprint density at radius 1 is 1.00 bits per heavy atom. The smallest absolute Gasteiger partial charge is 0.197 e. The number of aryl methyl sites for hydroxylation is 2. The number of benzene rings is 2. The summed E-state index contributed by atoms with van der Waals surface area (Å²) in [6.45, 7) is 4.13. The minimum atomic E-state index is 0.119. The van der Waals surface area contributed by atoms with E-state index < -0.39 is 0 Å². The molecule has 1 heterocycles. The zero-order valence-corrected chi connectivity index (χ0v) is 10.6. The molecule has 90 valence electrons. The summed E-state index contributed by atoms with van der Waals surface area (Å²) in [5.41, 5.74) is 4.29. The third-order valence-corrected chi connectivity index (χ3v) is 3.43. The van der Waals surface area contributed by atoms with Crippen molar-refractivity contribution in [3.8, 4) is 0 Å². The topological polar surface area (TPSA) is 32.9 Å². The fourth-order valence-corrected chi connectivity index (χ4v) is 2.36. The van der Waals surface area contributed by atoms with Crippen molar-refractivity contribution in [3.05, 3.63) is 57.7 Å². The van der Waals surface area contributed by atoms with E-state index in [4.69, 9.17) is 0 Å². The Morgan fingerprint density at radius 3 is 2.61 bits per heavy atom. The fourth-order valence-electron chi connectivity index (χ4n) is 2.36. The summed E-state index contributed by atoms with van der Waals surface area (Å²) in [4.78, 5) is 15.8. The zero-order valence-electron chi connectivity index (χ0n) is 10.6. The standard InChI is InChI=1S/C16H15NO/c1-3-11-5-7-14-13(9-11)16(18)12-6-4-10(2)8-15(12)17-14/h4-9H,3H2,1-2H3,(H,17,18). The van der Waals surface area contributed by atoms with Gasteiger partial charge < -0.3 is 4.98 Å². The Labute approximate surface area is 105 Å². The van der Waals surface area contributed by atoms with Crippen LogP contribution in [0.1, 0.15) is 18.1 Å². The van der Waals surface area contributed by atoms with E-state index in [9.17, 15) is 4.79 Å². The third kappa shape index (κ3) is 1.61. The first-order valence-corrected chi connectivity index (χ1v) is 6.24. The second kappa shape index (κ2) is 3.98. The van der Waals surface area contributed by atoms with Gasteiger partial charge in [-0.05, 0) is 48.7 Å². The van der Waals surface area contributed by atoms with Crippen LogP contribution in [0.3, 0.4) is 0 Å². The quantitative estimate of drug-likeness (QED) is 0.645. The normalized spacial score (nSPS) is 11.2. The second-order valence-electron chi connectivity index (χ2n) is 4.74. The highest BCUT2D eigenvalue weighted by atomic mass is 16.1. The monoisotopic (exact) mass is 237 g/mol. The van der Waals surface area contributed by atoms with Gasteiger partial charge in [-0.15, -0.1) is 0 Å². The van der Waals surface area contributed by atoms with Crippen LogP contribution in [-0.4, -0.2) is 4.98 Å². The lowest BCUT2D eigenvalue weighted by atomic mass is 10.1. The molecule has 0 bridgehead atoms. The molecule has 0 saturated heterocycles. The van der Waals surface area contributed by atoms with Gasteiger partial charge in [-0.2, -0.15) is 0 Å². The highest BCUT2D eigenvalue weighted by Crippen LogP contribution is 2.17. The molecule has 0 aliphatic rings. The Kier molecular flexibility index (Phi) is 2.44. The van der Waals surface area contributed by atoms with Crippen LogP contribution in [0.2, 0.25) is 0 Å². The van der Waals surface area contributed by atoms with Gasteiger partial charge in [0, 0.05) is 21.8 Å². The second-order valence-corrected chi connectivity index (χ2v) is 4.74. The van der Waals surface area contributed by atoms with E-state index in [0.29, 0.717) is 0 Å². The van der Waals surface area contributed by atoms with Gasteiger partial charge in [0.1, 0.15) is 0 Å². The molecule has 3 rings (SSSR count). The predicted octanol–water partition coefficient (Wildman–Crippen LogP) is 3.55. The van der Waals surface area contributed by atoms with Gasteiger partial charge >= 0.3 is 0 Å². The summed E-state index contributed by atoms with van der Waals surface area (Å²) in [5, 5.41) is 1.55. The molecule has 0 spiro atoms. The summed E-state index contributed by atoms with van der Waals surface area (Å²) < 4.78 is 0. The van der Waals surface area contributed by atoms with E-state index in [1.54, 1.807) is 0 Å². The van der Waals surface area contributed by atoms with E-state index in [1.165, 1.54) is 5.56 Å². The van der Waals surface area contributed by atoms with Crippen molar-refractivity contribution in [1.29, 1.82) is 0 Å². The van der Waals surface area contributed by atoms with E-state index >= 15 is 0 Å². The van der Waals surface area contributed by atoms with Crippen LogP contribution in [0, 0.1) is 6.92 Å². The number of pyridine rings is 1. The summed E-state index contributed by atoms with van der Waals surface area (Å²) in [6, 6.07) is 12.0. The molecule has 0 saturated carbocycles. The third-order valence-electron chi connectivity index (χ3n) is 3.43. The molecule has 2 nitrogen and oxygen atoms in total. The van der Waals surface area contributed by atoms with Crippen molar-refractivity contribution < 1.29 is 0 Å². The molecule has 1 aromatic heterocycles. The van der Waals surface area contributed by atoms with Crippen molar-refractivity contribution in [3.63, 3.8) is 0 Å². The first kappa shape index (κ1) is 11.0. The molecule has 0 amide bonds. The van der Waals surface area contributed by atoms with E-state index in [-0.39, 0.29) is 5.43 Å². The van der Waals surface area contributed by atoms with Crippen LogP contribution in [0.15, 0.2) is 41.2 Å². The molecule has 2 aromatic carbocycles. The fraction of sp³-hybridized carbons (Fsp3) is 0.188. The molecule has 1 N–H and O–H groups in total. The molecule has 0 aliphatic heterocycles. The van der Waals surface area contributed by atoms with Gasteiger partial charge in [-0.3, -0.25) is 4.79 Å². The number of H-pyrrole nitrogens is 1. The number of hydrogen-bond donors (Lipinski definition) is 1. The van der Waals surface area contributed by atoms with Gasteiger partial charge in [0.2, 0.25) is 0 Å². The highest BCUT2D eigenvalue weighted by Gasteiger charge is 2.05. The van der Waals surface area contributed by atoms with Crippen molar-refractivity contribution in [2.75, 3.05) is 0 Å². The minimum Gasteiger partial charge on any atom is -0.354 e. The van der Waals surface area contributed by atoms with Gasteiger partial charge in [0.25, 0.3) is 0 Å². The Bertz CT molecular complexity index is 799. The zero-order chi connectivity index (χ0) is 12.7.